The second-order valence-electron chi connectivity index (χ2n) is 5.27. The van der Waals surface area contributed by atoms with Gasteiger partial charge in [0.05, 0.1) is 11.4 Å². The van der Waals surface area contributed by atoms with Crippen LogP contribution in [0.3, 0.4) is 0 Å². The molecule has 0 saturated heterocycles. The Morgan fingerprint density at radius 1 is 0.864 bits per heavy atom. The predicted molar refractivity (Wildman–Crippen MR) is 87.7 cm³/mol. The highest BCUT2D eigenvalue weighted by Gasteiger charge is 2.20. The van der Waals surface area contributed by atoms with Crippen molar-refractivity contribution in [3.8, 4) is 0 Å². The molecular formula is C19H15N3. The van der Waals surface area contributed by atoms with E-state index in [4.69, 9.17) is 0 Å². The molecule has 0 saturated carbocycles. The Morgan fingerprint density at radius 3 is 2.59 bits per heavy atom. The summed E-state index contributed by atoms with van der Waals surface area (Å²) in [4.78, 5) is 12.2. The highest BCUT2D eigenvalue weighted by molar-refractivity contribution is 5.83. The number of nitrogens with one attached hydrogen (secondary N) is 1. The largest absolute Gasteiger partial charge is 0.364 e. The summed E-state index contributed by atoms with van der Waals surface area (Å²) in [5, 5.41) is 1.15. The molecule has 0 aliphatic carbocycles. The summed E-state index contributed by atoms with van der Waals surface area (Å²) in [6.07, 6.45) is 7.53. The first-order valence-electron chi connectivity index (χ1n) is 7.30. The van der Waals surface area contributed by atoms with E-state index >= 15 is 0 Å². The molecule has 3 heteroatoms. The first-order valence-corrected chi connectivity index (χ1v) is 7.30. The zero-order valence-corrected chi connectivity index (χ0v) is 12.0. The number of benzene rings is 1. The van der Waals surface area contributed by atoms with Gasteiger partial charge >= 0.3 is 0 Å². The van der Waals surface area contributed by atoms with Gasteiger partial charge in [0, 0.05) is 35.9 Å². The van der Waals surface area contributed by atoms with Gasteiger partial charge in [-0.1, -0.05) is 30.3 Å². The van der Waals surface area contributed by atoms with Gasteiger partial charge in [0.25, 0.3) is 0 Å². The van der Waals surface area contributed by atoms with Crippen LogP contribution in [-0.4, -0.2) is 15.0 Å². The Balaban J connectivity index is 1.98. The lowest BCUT2D eigenvalue weighted by atomic mass is 9.88. The van der Waals surface area contributed by atoms with Crippen molar-refractivity contribution >= 4 is 10.9 Å². The quantitative estimate of drug-likeness (QED) is 0.614. The van der Waals surface area contributed by atoms with Crippen molar-refractivity contribution in [2.45, 2.75) is 5.92 Å². The molecule has 0 aliphatic heterocycles. The number of aromatic nitrogens is 3. The molecule has 0 spiro atoms. The monoisotopic (exact) mass is 285 g/mol. The second kappa shape index (κ2) is 5.45. The summed E-state index contributed by atoms with van der Waals surface area (Å²) in [6.45, 7) is 0. The van der Waals surface area contributed by atoms with Crippen molar-refractivity contribution < 1.29 is 0 Å². The molecule has 0 aliphatic rings. The number of aromatic amines is 1. The van der Waals surface area contributed by atoms with Crippen LogP contribution in [0.25, 0.3) is 10.9 Å². The number of fused-ring (bicyclic) bond motifs is 1. The number of nitrogens with zero attached hydrogens (tertiary/aromatic N) is 2. The van der Waals surface area contributed by atoms with E-state index in [0.29, 0.717) is 0 Å². The number of para-hydroxylation sites is 1. The van der Waals surface area contributed by atoms with Crippen LogP contribution in [0.15, 0.2) is 79.4 Å². The Kier molecular flexibility index (Phi) is 3.16. The average Bonchev–Trinajstić information content (AvgIpc) is 3.11. The van der Waals surface area contributed by atoms with E-state index in [0.717, 1.165) is 22.2 Å². The molecule has 22 heavy (non-hydrogen) atoms. The summed E-state index contributed by atoms with van der Waals surface area (Å²) in [5.74, 6) is 0.0994. The Labute approximate surface area is 128 Å². The zero-order valence-electron chi connectivity index (χ0n) is 12.0. The van der Waals surface area contributed by atoms with Crippen molar-refractivity contribution in [2.75, 3.05) is 0 Å². The standard InChI is InChI=1S/C19H15N3/c1-5-14-6-3-12-22-19(14)16(8-1)18(17-9-4-11-21-17)15-7-2-10-20-13-15/h1-13,18,21H. The molecular weight excluding hydrogens is 270 g/mol. The lowest BCUT2D eigenvalue weighted by molar-refractivity contribution is 0.928. The minimum absolute atomic E-state index is 0.0994. The van der Waals surface area contributed by atoms with Gasteiger partial charge in [0.15, 0.2) is 0 Å². The molecule has 4 aromatic rings. The van der Waals surface area contributed by atoms with Crippen LogP contribution in [0.5, 0.6) is 0 Å². The molecule has 106 valence electrons. The van der Waals surface area contributed by atoms with Crippen LogP contribution in [0.1, 0.15) is 22.7 Å². The van der Waals surface area contributed by atoms with Gasteiger partial charge in [-0.2, -0.15) is 0 Å². The smallest absolute Gasteiger partial charge is 0.0744 e. The van der Waals surface area contributed by atoms with Crippen molar-refractivity contribution in [1.82, 2.24) is 15.0 Å². The summed E-state index contributed by atoms with van der Waals surface area (Å²) >= 11 is 0. The molecule has 4 rings (SSSR count). The Bertz CT molecular complexity index is 878. The van der Waals surface area contributed by atoms with Crippen LogP contribution in [0, 0.1) is 0 Å². The topological polar surface area (TPSA) is 41.6 Å². The highest BCUT2D eigenvalue weighted by atomic mass is 14.7. The van der Waals surface area contributed by atoms with Crippen LogP contribution >= 0.6 is 0 Å². The van der Waals surface area contributed by atoms with Crippen LogP contribution in [-0.2, 0) is 0 Å². The Morgan fingerprint density at radius 2 is 1.77 bits per heavy atom. The lowest BCUT2D eigenvalue weighted by Gasteiger charge is -2.18. The van der Waals surface area contributed by atoms with Gasteiger partial charge in [0.2, 0.25) is 0 Å². The lowest BCUT2D eigenvalue weighted by Crippen LogP contribution is -2.05. The normalized spacial score (nSPS) is 12.4. The molecule has 3 heterocycles. The number of pyridine rings is 2. The van der Waals surface area contributed by atoms with Gasteiger partial charge in [-0.25, -0.2) is 0 Å². The maximum atomic E-state index is 4.60. The molecule has 0 bridgehead atoms. The van der Waals surface area contributed by atoms with E-state index in [-0.39, 0.29) is 5.92 Å². The molecule has 0 amide bonds. The molecule has 0 fully saturated rings. The fourth-order valence-corrected chi connectivity index (χ4v) is 2.96. The second-order valence-corrected chi connectivity index (χ2v) is 5.27. The van der Waals surface area contributed by atoms with Gasteiger partial charge in [0.1, 0.15) is 0 Å². The number of hydrogen-bond acceptors (Lipinski definition) is 2. The molecule has 3 aromatic heterocycles. The number of rotatable bonds is 3. The van der Waals surface area contributed by atoms with E-state index in [1.165, 1.54) is 5.56 Å². The minimum Gasteiger partial charge on any atom is -0.364 e. The van der Waals surface area contributed by atoms with E-state index in [2.05, 4.69) is 51.4 Å². The summed E-state index contributed by atoms with van der Waals surface area (Å²) in [7, 11) is 0. The van der Waals surface area contributed by atoms with Gasteiger partial charge in [-0.05, 0) is 35.4 Å². The number of hydrogen-bond donors (Lipinski definition) is 1. The van der Waals surface area contributed by atoms with E-state index in [1.807, 2.05) is 36.8 Å². The van der Waals surface area contributed by atoms with Crippen molar-refractivity contribution in [3.05, 3.63) is 96.2 Å². The maximum Gasteiger partial charge on any atom is 0.0744 e. The third-order valence-corrected chi connectivity index (χ3v) is 3.93. The molecule has 1 atom stereocenters. The van der Waals surface area contributed by atoms with Crippen LogP contribution < -0.4 is 0 Å². The maximum absolute atomic E-state index is 4.60. The average molecular weight is 285 g/mol. The first kappa shape index (κ1) is 12.8. The fraction of sp³-hybridized carbons (Fsp3) is 0.0526. The van der Waals surface area contributed by atoms with E-state index < -0.39 is 0 Å². The first-order chi connectivity index (χ1) is 10.9. The highest BCUT2D eigenvalue weighted by Crippen LogP contribution is 2.33. The number of H-pyrrole nitrogens is 1. The fourth-order valence-electron chi connectivity index (χ4n) is 2.96. The third kappa shape index (κ3) is 2.17. The minimum atomic E-state index is 0.0994. The van der Waals surface area contributed by atoms with Crippen LogP contribution in [0.2, 0.25) is 0 Å². The molecule has 1 N–H and O–H groups in total. The van der Waals surface area contributed by atoms with Gasteiger partial charge < -0.3 is 4.98 Å². The van der Waals surface area contributed by atoms with Crippen molar-refractivity contribution in [2.24, 2.45) is 0 Å². The molecule has 1 unspecified atom stereocenters. The zero-order chi connectivity index (χ0) is 14.8. The van der Waals surface area contributed by atoms with E-state index in [1.54, 1.807) is 6.20 Å². The molecule has 1 aromatic carbocycles. The van der Waals surface area contributed by atoms with Gasteiger partial charge in [-0.15, -0.1) is 0 Å². The predicted octanol–water partition coefficient (Wildman–Crippen LogP) is 4.14. The van der Waals surface area contributed by atoms with Crippen molar-refractivity contribution in [1.29, 1.82) is 0 Å². The van der Waals surface area contributed by atoms with Crippen LogP contribution in [0.4, 0.5) is 0 Å². The van der Waals surface area contributed by atoms with Gasteiger partial charge in [-0.3, -0.25) is 9.97 Å². The van der Waals surface area contributed by atoms with Crippen molar-refractivity contribution in [3.63, 3.8) is 0 Å². The SMILES string of the molecule is c1cncc(C(c2ccc[nH]2)c2cccc3cccnc23)c1. The van der Waals surface area contributed by atoms with E-state index in [9.17, 15) is 0 Å². The Hall–Kier alpha value is -2.94. The molecule has 0 radical (unpaired) electrons. The molecule has 3 nitrogen and oxygen atoms in total. The third-order valence-electron chi connectivity index (χ3n) is 3.93. The summed E-state index contributed by atoms with van der Waals surface area (Å²) in [6, 6.07) is 18.6. The summed E-state index contributed by atoms with van der Waals surface area (Å²) in [5.41, 5.74) is 4.52. The summed E-state index contributed by atoms with van der Waals surface area (Å²) < 4.78 is 0.